The molecule has 4 heterocycles. The minimum atomic E-state index is 0.0816. The fraction of sp³-hybridized carbons (Fsp3) is 0.102. The zero-order chi connectivity index (χ0) is 85.4. The summed E-state index contributed by atoms with van der Waals surface area (Å²) in [6.45, 7) is 21.8. The normalized spacial score (nSPS) is 12.0. The third kappa shape index (κ3) is 13.3. The van der Waals surface area contributed by atoms with Crippen molar-refractivity contribution in [3.8, 4) is 102 Å². The van der Waals surface area contributed by atoms with Crippen molar-refractivity contribution in [2.75, 3.05) is 0 Å². The van der Waals surface area contributed by atoms with Crippen molar-refractivity contribution in [3.63, 3.8) is 0 Å². The van der Waals surface area contributed by atoms with Crippen molar-refractivity contribution in [2.45, 2.75) is 80.1 Å². The van der Waals surface area contributed by atoms with Crippen LogP contribution in [0.5, 0.6) is 0 Å². The average molecular weight is 1630 g/mol. The van der Waals surface area contributed by atoms with E-state index in [1.165, 1.54) is 180 Å². The van der Waals surface area contributed by atoms with Gasteiger partial charge in [-0.15, -0.1) is 0 Å². The first-order valence-electron chi connectivity index (χ1n) is 43.3. The molecule has 0 spiro atoms. The number of hydrogen-bond acceptors (Lipinski definition) is 8. The number of oxazole rings is 4. The molecule has 0 fully saturated rings. The van der Waals surface area contributed by atoms with Gasteiger partial charge >= 0.3 is 0 Å². The van der Waals surface area contributed by atoms with E-state index < -0.39 is 0 Å². The van der Waals surface area contributed by atoms with Crippen molar-refractivity contribution in [1.29, 1.82) is 0 Å². The Labute approximate surface area is 730 Å². The van der Waals surface area contributed by atoms with Crippen molar-refractivity contribution < 1.29 is 17.7 Å². The lowest BCUT2D eigenvalue weighted by Crippen LogP contribution is -2.11. The Morgan fingerprint density at radius 2 is 0.603 bits per heavy atom. The molecule has 0 atom stereocenters. The van der Waals surface area contributed by atoms with Gasteiger partial charge in [-0.25, -0.2) is 19.9 Å². The zero-order valence-electron chi connectivity index (χ0n) is 71.9. The molecule has 4 aromatic heterocycles. The van der Waals surface area contributed by atoms with Crippen LogP contribution < -0.4 is 0 Å². The van der Waals surface area contributed by atoms with Gasteiger partial charge in [-0.1, -0.05) is 356 Å². The lowest BCUT2D eigenvalue weighted by Gasteiger charge is -2.23. The van der Waals surface area contributed by atoms with Crippen LogP contribution in [-0.4, -0.2) is 19.9 Å². The van der Waals surface area contributed by atoms with Gasteiger partial charge in [0.2, 0.25) is 23.6 Å². The van der Waals surface area contributed by atoms with Crippen LogP contribution in [0.25, 0.3) is 231 Å². The summed E-state index contributed by atoms with van der Waals surface area (Å²) in [5.41, 5.74) is 20.0. The Balaban J connectivity index is 0.000000102. The summed E-state index contributed by atoms with van der Waals surface area (Å²) in [7, 11) is 0. The first kappa shape index (κ1) is 76.7. The van der Waals surface area contributed by atoms with Crippen LogP contribution in [0.4, 0.5) is 0 Å². The van der Waals surface area contributed by atoms with E-state index in [-0.39, 0.29) is 10.8 Å². The summed E-state index contributed by atoms with van der Waals surface area (Å²) in [6.07, 6.45) is 6.96. The Hall–Kier alpha value is -15.4. The van der Waals surface area contributed by atoms with E-state index in [0.717, 1.165) is 61.7 Å². The molecule has 0 radical (unpaired) electrons. The van der Waals surface area contributed by atoms with E-state index in [1.807, 2.05) is 74.8 Å². The molecule has 126 heavy (non-hydrogen) atoms. The minimum Gasteiger partial charge on any atom is -0.445 e. The minimum absolute atomic E-state index is 0.0816. The highest BCUT2D eigenvalue weighted by molar-refractivity contribution is 6.32. The Kier molecular flexibility index (Phi) is 18.4. The number of nitrogens with zero attached hydrogens (tertiary/aromatic N) is 4. The summed E-state index contributed by atoms with van der Waals surface area (Å²) in [5.74, 6) is 5.09. The van der Waals surface area contributed by atoms with Crippen LogP contribution in [0.1, 0.15) is 75.3 Å². The summed E-state index contributed by atoms with van der Waals surface area (Å²) < 4.78 is 24.2. The monoisotopic (exact) mass is 1620 g/mol. The molecule has 0 unspecified atom stereocenters. The smallest absolute Gasteiger partial charge is 0.227 e. The van der Waals surface area contributed by atoms with Crippen LogP contribution in [0, 0.1) is 27.7 Å². The summed E-state index contributed by atoms with van der Waals surface area (Å²) in [6, 6.07) is 118. The van der Waals surface area contributed by atoms with Crippen molar-refractivity contribution >= 4 is 129 Å². The van der Waals surface area contributed by atoms with Crippen molar-refractivity contribution in [1.82, 2.24) is 19.9 Å². The third-order valence-corrected chi connectivity index (χ3v) is 25.7. The van der Waals surface area contributed by atoms with Gasteiger partial charge in [0.25, 0.3) is 0 Å². The van der Waals surface area contributed by atoms with E-state index in [4.69, 9.17) is 22.7 Å². The topological polar surface area (TPSA) is 104 Å². The maximum Gasteiger partial charge on any atom is 0.227 e. The first-order valence-corrected chi connectivity index (χ1v) is 43.3. The van der Waals surface area contributed by atoms with Gasteiger partial charge in [-0.3, -0.25) is 0 Å². The molecule has 0 amide bonds. The maximum atomic E-state index is 6.45. The standard InChI is InChI=1S/C39H27NO.C31H27NO.C29H23NO.C19H11NO/c1-24-8-12-26(13-9-24)30-18-16-29-17-19-32-34(27-14-10-25(2)11-15-27)22-35(33-21-20-31(30)37(29)38(32)33)39-40-23-36(41-39)28-6-4-3-5-7-28;1-18-19(2)33-30(32-18)27-17-11-22-9-15-25-24(20-6-12-23(13-7-20)31(3,4)5)14-8-21-10-16-26(27)29(22)28(21)25;1-29(2,3)24-16-12-20-9-13-21-22(14-10-19-11-15-23(24)27(20)26(19)21)28-30-17-25(31-28)18-7-5-4-6-8-18;1-2-12-4-5-14-7-9-16(19-20-10-11-21-19)15-8-6-13(3-1)17(12)18(14)15/h3-23H,1-2H3;6-17H,1-5H3;4-17H,1-3H3;1-11H. The van der Waals surface area contributed by atoms with Gasteiger partial charge in [0, 0.05) is 33.4 Å². The molecule has 0 saturated heterocycles. The molecule has 8 nitrogen and oxygen atoms in total. The number of aryl methyl sites for hydroxylation is 4. The first-order chi connectivity index (χ1) is 61.4. The molecule has 0 aliphatic rings. The number of aromatic nitrogens is 4. The van der Waals surface area contributed by atoms with Gasteiger partial charge < -0.3 is 17.7 Å². The van der Waals surface area contributed by atoms with Crippen molar-refractivity contribution in [3.05, 3.63) is 386 Å². The van der Waals surface area contributed by atoms with E-state index >= 15 is 0 Å². The number of benzene rings is 21. The largest absolute Gasteiger partial charge is 0.445 e. The fourth-order valence-corrected chi connectivity index (χ4v) is 19.2. The highest BCUT2D eigenvalue weighted by Crippen LogP contribution is 2.50. The molecular formula is C118H88N4O4. The number of hydrogen-bond donors (Lipinski definition) is 0. The second kappa shape index (κ2) is 30.3. The van der Waals surface area contributed by atoms with E-state index in [9.17, 15) is 0 Å². The van der Waals surface area contributed by atoms with Crippen molar-refractivity contribution in [2.24, 2.45) is 0 Å². The lowest BCUT2D eigenvalue weighted by molar-refractivity contribution is 0.541. The second-order valence-electron chi connectivity index (χ2n) is 35.7. The van der Waals surface area contributed by atoms with Crippen LogP contribution in [0.3, 0.4) is 0 Å². The fourth-order valence-electron chi connectivity index (χ4n) is 19.2. The molecule has 21 aromatic carbocycles. The van der Waals surface area contributed by atoms with Crippen LogP contribution in [0.2, 0.25) is 0 Å². The molecular weight excluding hydrogens is 1540 g/mol. The van der Waals surface area contributed by atoms with Crippen LogP contribution in [0.15, 0.2) is 370 Å². The number of rotatable bonds is 9. The van der Waals surface area contributed by atoms with Gasteiger partial charge in [0.15, 0.2) is 11.5 Å². The highest BCUT2D eigenvalue weighted by atomic mass is 16.4. The highest BCUT2D eigenvalue weighted by Gasteiger charge is 2.26. The SMILES string of the molecule is CC(C)(C)c1ccc2ccc3c(-c4ncc(-c5ccccc5)o4)ccc4ccc1c2c43.Cc1ccc(-c2ccc3ccc4c(-c5ccc(C)cc5)cc(-c5ncc(-c6ccccc6)o5)c5ccc2c3c45)cc1.Cc1nc(-c2ccc3ccc4c(-c5ccc(C(C)(C)C)cc5)ccc5ccc2c3c54)oc1C.c1cc2ccc3ccc(-c4ncco4)c4ccc(c1)c2c34. The molecule has 25 rings (SSSR count). The molecule has 8 heteroatoms. The predicted octanol–water partition coefficient (Wildman–Crippen LogP) is 33.1. The zero-order valence-corrected chi connectivity index (χ0v) is 71.9. The molecule has 25 aromatic rings. The summed E-state index contributed by atoms with van der Waals surface area (Å²) in [4.78, 5) is 18.4. The van der Waals surface area contributed by atoms with E-state index in [0.29, 0.717) is 23.6 Å². The summed E-state index contributed by atoms with van der Waals surface area (Å²) in [5, 5.41) is 30.2. The molecule has 0 saturated carbocycles. The van der Waals surface area contributed by atoms with E-state index in [1.54, 1.807) is 12.5 Å². The molecule has 0 aliphatic heterocycles. The van der Waals surface area contributed by atoms with Gasteiger partial charge in [0.05, 0.1) is 24.3 Å². The van der Waals surface area contributed by atoms with Crippen LogP contribution in [-0.2, 0) is 10.8 Å². The van der Waals surface area contributed by atoms with Crippen LogP contribution >= 0.6 is 0 Å². The molecule has 0 N–H and O–H groups in total. The second-order valence-corrected chi connectivity index (χ2v) is 35.7. The average Bonchev–Trinajstić information content (AvgIpc) is 0.943. The lowest BCUT2D eigenvalue weighted by atomic mass is 9.81. The molecule has 604 valence electrons. The third-order valence-electron chi connectivity index (χ3n) is 25.7. The van der Waals surface area contributed by atoms with E-state index in [2.05, 4.69) is 349 Å². The Bertz CT molecular complexity index is 8380. The summed E-state index contributed by atoms with van der Waals surface area (Å²) >= 11 is 0. The maximum absolute atomic E-state index is 6.45. The van der Waals surface area contributed by atoms with Gasteiger partial charge in [-0.05, 0) is 237 Å². The molecule has 0 aliphatic carbocycles. The Morgan fingerprint density at radius 3 is 1.06 bits per heavy atom. The Morgan fingerprint density at radius 1 is 0.246 bits per heavy atom. The van der Waals surface area contributed by atoms with Gasteiger partial charge in [0.1, 0.15) is 12.0 Å². The predicted molar refractivity (Wildman–Crippen MR) is 526 cm³/mol. The van der Waals surface area contributed by atoms with Gasteiger partial charge in [-0.2, -0.15) is 0 Å². The molecule has 0 bridgehead atoms. The quantitative estimate of drug-likeness (QED) is 0.132.